The largest absolute Gasteiger partial charge is 0.356 e. The third-order valence-corrected chi connectivity index (χ3v) is 6.28. The van der Waals surface area contributed by atoms with Crippen molar-refractivity contribution in [2.24, 2.45) is 0 Å². The summed E-state index contributed by atoms with van der Waals surface area (Å²) in [4.78, 5) is 54.1. The van der Waals surface area contributed by atoms with Crippen molar-refractivity contribution < 1.29 is 19.2 Å². The number of carbonyl (C=O) groups is 4. The van der Waals surface area contributed by atoms with E-state index in [2.05, 4.69) is 27.0 Å². The number of H-pyrrole nitrogens is 1. The number of rotatable bonds is 5. The minimum Gasteiger partial charge on any atom is -0.356 e. The molecule has 1 aliphatic heterocycles. The van der Waals surface area contributed by atoms with Crippen LogP contribution in [-0.4, -0.2) is 34.8 Å². The van der Waals surface area contributed by atoms with Gasteiger partial charge in [0.05, 0.1) is 18.2 Å². The smallest absolute Gasteiger partial charge is 0.329 e. The Morgan fingerprint density at radius 2 is 1.94 bits per heavy atom. The molecule has 4 N–H and O–H groups in total. The molecule has 2 aliphatic rings. The number of nitrogens with zero attached hydrogens (tertiary/aromatic N) is 1. The number of hydrogen-bond donors (Lipinski definition) is 4. The molecule has 1 saturated heterocycles. The van der Waals surface area contributed by atoms with Gasteiger partial charge in [0.25, 0.3) is 5.91 Å². The second-order valence-corrected chi connectivity index (χ2v) is 8.69. The quantitative estimate of drug-likeness (QED) is 0.438. The summed E-state index contributed by atoms with van der Waals surface area (Å²) in [6.07, 6.45) is 2.56. The van der Waals surface area contributed by atoms with Gasteiger partial charge in [-0.1, -0.05) is 24.3 Å². The molecule has 2 heterocycles. The zero-order valence-electron chi connectivity index (χ0n) is 18.7. The molecule has 1 aromatic heterocycles. The highest BCUT2D eigenvalue weighted by Crippen LogP contribution is 2.34. The van der Waals surface area contributed by atoms with Crippen molar-refractivity contribution in [3.05, 3.63) is 59.8 Å². The molecule has 9 heteroatoms. The molecule has 2 aromatic carbocycles. The summed E-state index contributed by atoms with van der Waals surface area (Å²) in [5, 5.41) is 9.45. The lowest BCUT2D eigenvalue weighted by Crippen LogP contribution is -2.38. The molecule has 1 aliphatic carbocycles. The van der Waals surface area contributed by atoms with Crippen molar-refractivity contribution in [1.29, 1.82) is 0 Å². The second kappa shape index (κ2) is 8.66. The summed E-state index contributed by atoms with van der Waals surface area (Å²) in [6.45, 7) is 1.38. The summed E-state index contributed by atoms with van der Waals surface area (Å²) in [5.41, 5.74) is 4.08. The van der Waals surface area contributed by atoms with E-state index in [-0.39, 0.29) is 24.3 Å². The Balaban J connectivity index is 1.28. The van der Waals surface area contributed by atoms with Crippen molar-refractivity contribution in [3.63, 3.8) is 0 Å². The lowest BCUT2D eigenvalue weighted by Gasteiger charge is -2.24. The SMILES string of the molecule is CC(=O)Nc1cccc(N2C(=O)N[C@H](CC(=O)N[C@H]3CCCc4c3[nH]c3ccccc43)C2=O)c1. The van der Waals surface area contributed by atoms with Gasteiger partial charge in [0.15, 0.2) is 0 Å². The van der Waals surface area contributed by atoms with E-state index < -0.39 is 18.0 Å². The average molecular weight is 460 g/mol. The first-order chi connectivity index (χ1) is 16.4. The molecule has 0 saturated carbocycles. The van der Waals surface area contributed by atoms with Gasteiger partial charge in [-0.3, -0.25) is 14.4 Å². The zero-order valence-corrected chi connectivity index (χ0v) is 18.7. The van der Waals surface area contributed by atoms with Gasteiger partial charge in [-0.2, -0.15) is 0 Å². The number of urea groups is 1. The van der Waals surface area contributed by atoms with E-state index in [1.165, 1.54) is 17.9 Å². The second-order valence-electron chi connectivity index (χ2n) is 8.69. The van der Waals surface area contributed by atoms with Crippen molar-refractivity contribution in [3.8, 4) is 0 Å². The van der Waals surface area contributed by atoms with E-state index in [1.54, 1.807) is 24.3 Å². The number of benzene rings is 2. The van der Waals surface area contributed by atoms with E-state index in [0.29, 0.717) is 11.4 Å². The number of amides is 5. The molecule has 0 spiro atoms. The highest BCUT2D eigenvalue weighted by molar-refractivity contribution is 6.22. The van der Waals surface area contributed by atoms with Crippen LogP contribution in [0.3, 0.4) is 0 Å². The summed E-state index contributed by atoms with van der Waals surface area (Å²) in [6, 6.07) is 12.8. The molecular weight excluding hydrogens is 434 g/mol. The number of imide groups is 1. The van der Waals surface area contributed by atoms with Crippen LogP contribution in [0, 0.1) is 0 Å². The van der Waals surface area contributed by atoms with Gasteiger partial charge < -0.3 is 20.9 Å². The van der Waals surface area contributed by atoms with Gasteiger partial charge >= 0.3 is 6.03 Å². The number of para-hydroxylation sites is 1. The maximum atomic E-state index is 13.0. The molecular formula is C25H25N5O4. The topological polar surface area (TPSA) is 123 Å². The van der Waals surface area contributed by atoms with Crippen LogP contribution in [0.5, 0.6) is 0 Å². The first kappa shape index (κ1) is 21.7. The van der Waals surface area contributed by atoms with Crippen molar-refractivity contribution in [2.45, 2.75) is 44.7 Å². The van der Waals surface area contributed by atoms with Gasteiger partial charge in [0, 0.05) is 29.2 Å². The van der Waals surface area contributed by atoms with Crippen LogP contribution in [0.1, 0.15) is 43.5 Å². The van der Waals surface area contributed by atoms with Crippen molar-refractivity contribution >= 4 is 46.0 Å². The van der Waals surface area contributed by atoms with E-state index in [4.69, 9.17) is 0 Å². The van der Waals surface area contributed by atoms with Crippen LogP contribution in [0.25, 0.3) is 10.9 Å². The van der Waals surface area contributed by atoms with Crippen LogP contribution in [0.4, 0.5) is 16.2 Å². The number of nitrogens with one attached hydrogen (secondary N) is 4. The van der Waals surface area contributed by atoms with Crippen LogP contribution in [-0.2, 0) is 20.8 Å². The van der Waals surface area contributed by atoms with Gasteiger partial charge in [-0.15, -0.1) is 0 Å². The predicted octanol–water partition coefficient (Wildman–Crippen LogP) is 3.14. The zero-order chi connectivity index (χ0) is 23.8. The van der Waals surface area contributed by atoms with Gasteiger partial charge in [-0.25, -0.2) is 9.69 Å². The van der Waals surface area contributed by atoms with E-state index in [1.807, 2.05) is 18.2 Å². The van der Waals surface area contributed by atoms with Crippen molar-refractivity contribution in [2.75, 3.05) is 10.2 Å². The maximum absolute atomic E-state index is 13.0. The maximum Gasteiger partial charge on any atom is 0.329 e. The molecule has 5 amide bonds. The van der Waals surface area contributed by atoms with Crippen molar-refractivity contribution in [1.82, 2.24) is 15.6 Å². The summed E-state index contributed by atoms with van der Waals surface area (Å²) in [7, 11) is 0. The fourth-order valence-corrected chi connectivity index (χ4v) is 4.84. The number of fused-ring (bicyclic) bond motifs is 3. The number of aromatic amines is 1. The standard InChI is InChI=1S/C25H25N5O4/c1-14(31)26-15-6-4-7-16(12-15)30-24(33)21(29-25(30)34)13-22(32)27-20-11-5-9-18-17-8-2-3-10-19(17)28-23(18)20/h2-4,6-8,10,12,20-21,28H,5,9,11,13H2,1H3,(H,26,31)(H,27,32)(H,29,34)/t20-,21+/m0/s1. The number of carbonyl (C=O) groups excluding carboxylic acids is 4. The van der Waals surface area contributed by atoms with Crippen LogP contribution in [0.15, 0.2) is 48.5 Å². The normalized spacial score (nSPS) is 19.6. The molecule has 0 radical (unpaired) electrons. The molecule has 0 bridgehead atoms. The molecule has 3 aromatic rings. The fourth-order valence-electron chi connectivity index (χ4n) is 4.84. The molecule has 1 fully saturated rings. The highest BCUT2D eigenvalue weighted by Gasteiger charge is 2.40. The monoisotopic (exact) mass is 459 g/mol. The Bertz CT molecular complexity index is 1310. The Morgan fingerprint density at radius 1 is 1.12 bits per heavy atom. The Labute approximate surface area is 195 Å². The number of aromatic nitrogens is 1. The third-order valence-electron chi connectivity index (χ3n) is 6.28. The van der Waals surface area contributed by atoms with Crippen LogP contribution >= 0.6 is 0 Å². The number of anilines is 2. The Hall–Kier alpha value is -4.14. The molecule has 9 nitrogen and oxygen atoms in total. The Kier molecular flexibility index (Phi) is 5.53. The number of aryl methyl sites for hydroxylation is 1. The molecule has 2 atom stereocenters. The van der Waals surface area contributed by atoms with Crippen LogP contribution < -0.4 is 20.9 Å². The molecule has 174 valence electrons. The lowest BCUT2D eigenvalue weighted by molar-refractivity contribution is -0.126. The fraction of sp³-hybridized carbons (Fsp3) is 0.280. The predicted molar refractivity (Wildman–Crippen MR) is 127 cm³/mol. The Morgan fingerprint density at radius 3 is 2.76 bits per heavy atom. The highest BCUT2D eigenvalue weighted by atomic mass is 16.2. The van der Waals surface area contributed by atoms with Gasteiger partial charge in [0.2, 0.25) is 11.8 Å². The first-order valence-corrected chi connectivity index (χ1v) is 11.3. The summed E-state index contributed by atoms with van der Waals surface area (Å²) < 4.78 is 0. The average Bonchev–Trinajstić information content (AvgIpc) is 3.31. The molecule has 0 unspecified atom stereocenters. The first-order valence-electron chi connectivity index (χ1n) is 11.3. The van der Waals surface area contributed by atoms with E-state index >= 15 is 0 Å². The number of hydrogen-bond acceptors (Lipinski definition) is 4. The molecule has 34 heavy (non-hydrogen) atoms. The lowest BCUT2D eigenvalue weighted by atomic mass is 9.91. The van der Waals surface area contributed by atoms with E-state index in [9.17, 15) is 19.2 Å². The van der Waals surface area contributed by atoms with Gasteiger partial charge in [-0.05, 0) is 49.1 Å². The van der Waals surface area contributed by atoms with E-state index in [0.717, 1.165) is 35.4 Å². The third kappa shape index (κ3) is 4.00. The van der Waals surface area contributed by atoms with Crippen LogP contribution in [0.2, 0.25) is 0 Å². The minimum atomic E-state index is -0.956. The molecule has 5 rings (SSSR count). The summed E-state index contributed by atoms with van der Waals surface area (Å²) in [5.74, 6) is -1.07. The summed E-state index contributed by atoms with van der Waals surface area (Å²) >= 11 is 0. The van der Waals surface area contributed by atoms with Gasteiger partial charge in [0.1, 0.15) is 6.04 Å². The minimum absolute atomic E-state index is 0.154.